The number of aromatic nitrogens is 3. The molecule has 11 heteroatoms. The number of nitrogens with one attached hydrogen (secondary N) is 1. The molecule has 0 aliphatic heterocycles. The van der Waals surface area contributed by atoms with Crippen molar-refractivity contribution in [2.24, 2.45) is 7.05 Å². The van der Waals surface area contributed by atoms with E-state index in [1.807, 2.05) is 31.2 Å². The van der Waals surface area contributed by atoms with Crippen LogP contribution in [-0.2, 0) is 11.8 Å². The van der Waals surface area contributed by atoms with Gasteiger partial charge in [0.1, 0.15) is 5.69 Å². The Morgan fingerprint density at radius 3 is 2.28 bits per heavy atom. The highest BCUT2D eigenvalue weighted by atomic mass is 32.2. The summed E-state index contributed by atoms with van der Waals surface area (Å²) >= 11 is 0.888. The summed E-state index contributed by atoms with van der Waals surface area (Å²) in [4.78, 5) is 12.0. The molecule has 1 aromatic heterocycles. The van der Waals surface area contributed by atoms with Gasteiger partial charge in [0.25, 0.3) is 0 Å². The minimum Gasteiger partial charge on any atom is -0.320 e. The molecule has 29 heavy (non-hydrogen) atoms. The highest BCUT2D eigenvalue weighted by molar-refractivity contribution is 7.99. The summed E-state index contributed by atoms with van der Waals surface area (Å²) in [5.41, 5.74) is 0.421. The Morgan fingerprint density at radius 2 is 1.66 bits per heavy atom. The molecule has 1 amide bonds. The van der Waals surface area contributed by atoms with E-state index in [2.05, 4.69) is 10.2 Å². The average molecular weight is 428 g/mol. The smallest absolute Gasteiger partial charge is 0.235 e. The van der Waals surface area contributed by atoms with E-state index in [1.165, 1.54) is 0 Å². The van der Waals surface area contributed by atoms with E-state index in [0.717, 1.165) is 22.9 Å². The first-order valence-corrected chi connectivity index (χ1v) is 9.09. The summed E-state index contributed by atoms with van der Waals surface area (Å²) in [6, 6.07) is 7.50. The number of halogens is 5. The largest absolute Gasteiger partial charge is 0.320 e. The van der Waals surface area contributed by atoms with Crippen LogP contribution in [0.2, 0.25) is 0 Å². The monoisotopic (exact) mass is 428 g/mol. The highest BCUT2D eigenvalue weighted by Gasteiger charge is 2.27. The first kappa shape index (κ1) is 20.8. The van der Waals surface area contributed by atoms with Gasteiger partial charge in [-0.05, 0) is 13.0 Å². The van der Waals surface area contributed by atoms with Crippen LogP contribution in [-0.4, -0.2) is 26.4 Å². The number of aryl methyl sites for hydroxylation is 1. The summed E-state index contributed by atoms with van der Waals surface area (Å²) in [6.07, 6.45) is 0. The maximum Gasteiger partial charge on any atom is 0.235 e. The lowest BCUT2D eigenvalue weighted by atomic mass is 10.1. The Balaban J connectivity index is 1.73. The van der Waals surface area contributed by atoms with Crippen molar-refractivity contribution in [2.45, 2.75) is 12.1 Å². The molecule has 5 nitrogen and oxygen atoms in total. The Bertz CT molecular complexity index is 1070. The van der Waals surface area contributed by atoms with E-state index < -0.39 is 40.7 Å². The van der Waals surface area contributed by atoms with Crippen molar-refractivity contribution in [2.75, 3.05) is 11.1 Å². The molecule has 0 fully saturated rings. The zero-order valence-electron chi connectivity index (χ0n) is 15.1. The Hall–Kier alpha value is -2.95. The maximum atomic E-state index is 13.6. The second-order valence-corrected chi connectivity index (χ2v) is 6.96. The zero-order chi connectivity index (χ0) is 21.3. The molecule has 0 saturated carbocycles. The van der Waals surface area contributed by atoms with Gasteiger partial charge in [0, 0.05) is 12.6 Å². The number of rotatable bonds is 5. The number of hydrogen-bond donors (Lipinski definition) is 1. The quantitative estimate of drug-likeness (QED) is 0.286. The van der Waals surface area contributed by atoms with Crippen molar-refractivity contribution in [3.05, 3.63) is 58.9 Å². The van der Waals surface area contributed by atoms with Gasteiger partial charge in [-0.15, -0.1) is 10.2 Å². The van der Waals surface area contributed by atoms with Crippen LogP contribution in [0.15, 0.2) is 29.4 Å². The van der Waals surface area contributed by atoms with Crippen LogP contribution in [0.25, 0.3) is 11.4 Å². The predicted octanol–water partition coefficient (Wildman–Crippen LogP) is 4.22. The van der Waals surface area contributed by atoms with E-state index in [4.69, 9.17) is 0 Å². The van der Waals surface area contributed by atoms with E-state index in [-0.39, 0.29) is 5.75 Å². The third-order valence-corrected chi connectivity index (χ3v) is 4.94. The zero-order valence-corrected chi connectivity index (χ0v) is 15.9. The summed E-state index contributed by atoms with van der Waals surface area (Å²) in [5.74, 6) is -11.6. The number of thioether (sulfide) groups is 1. The van der Waals surface area contributed by atoms with Crippen molar-refractivity contribution in [1.82, 2.24) is 14.8 Å². The molecule has 1 heterocycles. The van der Waals surface area contributed by atoms with Crippen LogP contribution < -0.4 is 5.32 Å². The van der Waals surface area contributed by atoms with Gasteiger partial charge in [-0.2, -0.15) is 0 Å². The number of benzene rings is 2. The Labute approximate surface area is 165 Å². The number of hydrogen-bond acceptors (Lipinski definition) is 4. The van der Waals surface area contributed by atoms with Crippen LogP contribution in [0.4, 0.5) is 27.6 Å². The van der Waals surface area contributed by atoms with Crippen molar-refractivity contribution < 1.29 is 26.7 Å². The molecule has 3 aromatic rings. The molecular formula is C18H13F5N4OS. The molecule has 0 radical (unpaired) electrons. The molecule has 0 saturated heterocycles. The fourth-order valence-electron chi connectivity index (χ4n) is 2.50. The van der Waals surface area contributed by atoms with Gasteiger partial charge in [0.05, 0.1) is 5.75 Å². The minimum atomic E-state index is -2.30. The van der Waals surface area contributed by atoms with E-state index in [9.17, 15) is 26.7 Å². The summed E-state index contributed by atoms with van der Waals surface area (Å²) in [7, 11) is 1.67. The molecule has 3 rings (SSSR count). The van der Waals surface area contributed by atoms with E-state index >= 15 is 0 Å². The molecule has 0 aliphatic rings. The van der Waals surface area contributed by atoms with Crippen LogP contribution in [0.3, 0.4) is 0 Å². The van der Waals surface area contributed by atoms with Crippen LogP contribution in [0.5, 0.6) is 0 Å². The maximum absolute atomic E-state index is 13.6. The number of carbonyl (C=O) groups is 1. The molecule has 2 aromatic carbocycles. The predicted molar refractivity (Wildman–Crippen MR) is 96.8 cm³/mol. The first-order valence-electron chi connectivity index (χ1n) is 8.11. The van der Waals surface area contributed by atoms with Crippen molar-refractivity contribution >= 4 is 23.4 Å². The van der Waals surface area contributed by atoms with Gasteiger partial charge < -0.3 is 9.88 Å². The number of carbonyl (C=O) groups excluding carboxylic acids is 1. The van der Waals surface area contributed by atoms with Gasteiger partial charge in [0.15, 0.2) is 34.2 Å². The number of nitrogens with zero attached hydrogens (tertiary/aromatic N) is 3. The lowest BCUT2D eigenvalue weighted by Crippen LogP contribution is -2.18. The fourth-order valence-corrected chi connectivity index (χ4v) is 3.21. The summed E-state index contributed by atoms with van der Waals surface area (Å²) < 4.78 is 68.4. The molecule has 0 atom stereocenters. The molecule has 1 N–H and O–H groups in total. The van der Waals surface area contributed by atoms with Gasteiger partial charge in [-0.25, -0.2) is 22.0 Å². The van der Waals surface area contributed by atoms with Gasteiger partial charge >= 0.3 is 0 Å². The van der Waals surface area contributed by atoms with Crippen LogP contribution in [0.1, 0.15) is 5.56 Å². The van der Waals surface area contributed by atoms with Crippen LogP contribution >= 0.6 is 11.8 Å². The number of anilines is 1. The molecule has 0 bridgehead atoms. The summed E-state index contributed by atoms with van der Waals surface area (Å²) in [5, 5.41) is 10.0. The molecule has 0 aliphatic carbocycles. The van der Waals surface area contributed by atoms with Gasteiger partial charge in [0.2, 0.25) is 11.7 Å². The fraction of sp³-hybridized carbons (Fsp3) is 0.167. The molecule has 152 valence electrons. The third kappa shape index (κ3) is 4.09. The molecule has 0 spiro atoms. The van der Waals surface area contributed by atoms with Crippen molar-refractivity contribution in [3.8, 4) is 11.4 Å². The topological polar surface area (TPSA) is 59.8 Å². The Morgan fingerprint density at radius 1 is 1.03 bits per heavy atom. The van der Waals surface area contributed by atoms with Crippen LogP contribution in [0, 0.1) is 36.0 Å². The standard InChI is InChI=1S/C18H13F5N4OS/c1-8-4-3-5-9(6-8)17-25-26-18(27(17)2)29-7-10(28)24-16-14(22)12(20)11(19)13(21)15(16)23/h3-6H,7H2,1-2H3,(H,24,28). The number of amides is 1. The summed E-state index contributed by atoms with van der Waals surface area (Å²) in [6.45, 7) is 1.92. The second-order valence-electron chi connectivity index (χ2n) is 6.02. The lowest BCUT2D eigenvalue weighted by molar-refractivity contribution is -0.113. The van der Waals surface area contributed by atoms with Gasteiger partial charge in [-0.1, -0.05) is 35.5 Å². The SMILES string of the molecule is Cc1cccc(-c2nnc(SCC(=O)Nc3c(F)c(F)c(F)c(F)c3F)n2C)c1. The van der Waals surface area contributed by atoms with E-state index in [0.29, 0.717) is 11.0 Å². The van der Waals surface area contributed by atoms with Crippen molar-refractivity contribution in [3.63, 3.8) is 0 Å². The van der Waals surface area contributed by atoms with Gasteiger partial charge in [-0.3, -0.25) is 4.79 Å². The van der Waals surface area contributed by atoms with Crippen molar-refractivity contribution in [1.29, 1.82) is 0 Å². The Kier molecular flexibility index (Phi) is 5.87. The normalized spacial score (nSPS) is 11.0. The molecular weight excluding hydrogens is 415 g/mol. The average Bonchev–Trinajstić information content (AvgIpc) is 3.07. The lowest BCUT2D eigenvalue weighted by Gasteiger charge is -2.09. The molecule has 0 unspecified atom stereocenters. The second kappa shape index (κ2) is 8.19. The highest BCUT2D eigenvalue weighted by Crippen LogP contribution is 2.28. The minimum absolute atomic E-state index is 0.328. The van der Waals surface area contributed by atoms with E-state index in [1.54, 1.807) is 16.9 Å². The first-order chi connectivity index (χ1) is 13.7. The third-order valence-electron chi connectivity index (χ3n) is 3.92.